The van der Waals surface area contributed by atoms with Gasteiger partial charge in [-0.2, -0.15) is 0 Å². The molecule has 0 aliphatic carbocycles. The fourth-order valence-corrected chi connectivity index (χ4v) is 12.3. The smallest absolute Gasteiger partial charge is 0.159 e. The number of phenols is 1. The molecule has 0 saturated heterocycles. The predicted octanol–water partition coefficient (Wildman–Crippen LogP) is 20.6. The number of hydrogen-bond acceptors (Lipinski definition) is 4. The average Bonchev–Trinajstić information content (AvgIpc) is 3.92. The van der Waals surface area contributed by atoms with Gasteiger partial charge in [0.05, 0.1) is 22.7 Å². The average molecular weight is 983 g/mol. The van der Waals surface area contributed by atoms with E-state index in [1.54, 1.807) is 0 Å². The van der Waals surface area contributed by atoms with E-state index in [1.165, 1.54) is 49.7 Å². The third kappa shape index (κ3) is 7.42. The number of benzene rings is 12. The molecule has 0 radical (unpaired) electrons. The summed E-state index contributed by atoms with van der Waals surface area (Å²) in [6, 6.07) is 72.3. The highest BCUT2D eigenvalue weighted by Gasteiger charge is 2.28. The Morgan fingerprint density at radius 2 is 0.776 bits per heavy atom. The topological polar surface area (TPSA) is 39.9 Å². The Kier molecular flexibility index (Phi) is 11.1. The fourth-order valence-electron chi connectivity index (χ4n) is 12.3. The Morgan fingerprint density at radius 3 is 1.38 bits per heavy atom. The molecule has 4 heteroatoms. The summed E-state index contributed by atoms with van der Waals surface area (Å²) >= 11 is 0. The van der Waals surface area contributed by atoms with Crippen molar-refractivity contribution in [2.45, 2.75) is 55.4 Å². The molecule has 0 spiro atoms. The lowest BCUT2D eigenvalue weighted by atomic mass is 9.91. The first kappa shape index (κ1) is 46.7. The quantitative estimate of drug-likeness (QED) is 0.146. The largest absolute Gasteiger partial charge is 0.505 e. The molecule has 1 aromatic heterocycles. The fraction of sp³-hybridized carbons (Fsp3) is 0.111. The molecule has 13 rings (SSSR count). The van der Waals surface area contributed by atoms with E-state index in [0.717, 1.165) is 111 Å². The van der Waals surface area contributed by atoms with Crippen molar-refractivity contribution in [3.63, 3.8) is 0 Å². The zero-order valence-electron chi connectivity index (χ0n) is 44.3. The molecule has 0 fully saturated rings. The Bertz CT molecular complexity index is 4440. The maximum Gasteiger partial charge on any atom is 0.159 e. The highest BCUT2D eigenvalue weighted by atomic mass is 16.3. The molecule has 1 heterocycles. The van der Waals surface area contributed by atoms with Crippen molar-refractivity contribution in [1.29, 1.82) is 0 Å². The third-order valence-corrected chi connectivity index (χ3v) is 16.0. The number of para-hydroxylation sites is 3. The highest BCUT2D eigenvalue weighted by molar-refractivity contribution is 6.28. The van der Waals surface area contributed by atoms with Gasteiger partial charge in [0.2, 0.25) is 0 Å². The molecular weight excluding hydrogens is 925 g/mol. The second-order valence-corrected chi connectivity index (χ2v) is 21.1. The summed E-state index contributed by atoms with van der Waals surface area (Å²) in [4.78, 5) is 4.71. The zero-order valence-corrected chi connectivity index (χ0v) is 44.3. The standard InChI is InChI=1S/C72H58N2O2/c1-42-27-29-44(3)64(39-42)73(62-25-13-21-54(70(62)75)52-19-11-20-53(41-52)66-46(5)15-9-16-47(66)6)60-37-33-50-32-36-58-61(38-34-51-31-35-57(60)68(50)69(51)58)74(65-40-43(2)28-30-45(65)4)63-26-14-23-56-55-22-12-24-59(71(55)76-72(56)63)67-48(7)17-10-18-49(67)8/h9-41,75H,1-8H3. The van der Waals surface area contributed by atoms with Crippen LogP contribution in [0.4, 0.5) is 34.1 Å². The summed E-state index contributed by atoms with van der Waals surface area (Å²) in [6.07, 6.45) is 0. The van der Waals surface area contributed by atoms with E-state index in [1.807, 2.05) is 6.07 Å². The van der Waals surface area contributed by atoms with Crippen LogP contribution in [0.2, 0.25) is 0 Å². The van der Waals surface area contributed by atoms with E-state index in [9.17, 15) is 5.11 Å². The molecule has 0 saturated carbocycles. The van der Waals surface area contributed by atoms with Gasteiger partial charge < -0.3 is 19.3 Å². The van der Waals surface area contributed by atoms with Gasteiger partial charge in [-0.1, -0.05) is 158 Å². The molecular formula is C72H58N2O2. The first-order valence-corrected chi connectivity index (χ1v) is 26.4. The van der Waals surface area contributed by atoms with Gasteiger partial charge in [0.15, 0.2) is 5.58 Å². The minimum Gasteiger partial charge on any atom is -0.505 e. The van der Waals surface area contributed by atoms with E-state index < -0.39 is 0 Å². The number of hydrogen-bond donors (Lipinski definition) is 1. The molecule has 0 aliphatic rings. The molecule has 0 amide bonds. The van der Waals surface area contributed by atoms with Gasteiger partial charge >= 0.3 is 0 Å². The predicted molar refractivity (Wildman–Crippen MR) is 323 cm³/mol. The Hall–Kier alpha value is -9.12. The van der Waals surface area contributed by atoms with E-state index >= 15 is 0 Å². The Morgan fingerprint density at radius 1 is 0.316 bits per heavy atom. The number of aromatic hydroxyl groups is 1. The summed E-state index contributed by atoms with van der Waals surface area (Å²) in [5.74, 6) is 0.222. The number of rotatable bonds is 9. The molecule has 12 aromatic carbocycles. The van der Waals surface area contributed by atoms with Crippen molar-refractivity contribution in [3.05, 3.63) is 245 Å². The number of phenolic OH excluding ortho intramolecular Hbond substituents is 1. The summed E-state index contributed by atoms with van der Waals surface area (Å²) in [6.45, 7) is 17.4. The summed E-state index contributed by atoms with van der Waals surface area (Å²) in [5, 5.41) is 21.9. The van der Waals surface area contributed by atoms with Gasteiger partial charge in [-0.05, 0) is 186 Å². The van der Waals surface area contributed by atoms with Crippen molar-refractivity contribution in [2.75, 3.05) is 9.80 Å². The van der Waals surface area contributed by atoms with Crippen LogP contribution in [0, 0.1) is 55.4 Å². The van der Waals surface area contributed by atoms with Crippen LogP contribution < -0.4 is 9.80 Å². The van der Waals surface area contributed by atoms with E-state index in [2.05, 4.69) is 259 Å². The van der Waals surface area contributed by atoms with Crippen LogP contribution >= 0.6 is 0 Å². The van der Waals surface area contributed by atoms with Crippen LogP contribution in [0.5, 0.6) is 5.75 Å². The van der Waals surface area contributed by atoms with Crippen LogP contribution in [0.1, 0.15) is 44.5 Å². The minimum absolute atomic E-state index is 0.222. The molecule has 1 N–H and O–H groups in total. The SMILES string of the molecule is Cc1ccc(C)c(N(c2cccc(-c3cccc(-c4c(C)cccc4C)c3)c2O)c2ccc3ccc4c(N(c5cc(C)ccc5C)c5cccc6c5oc5c(-c7c(C)cccc7C)cccc56)ccc5ccc2c3c54)c1. The first-order valence-electron chi connectivity index (χ1n) is 26.4. The first-order chi connectivity index (χ1) is 36.9. The van der Waals surface area contributed by atoms with Gasteiger partial charge in [-0.25, -0.2) is 0 Å². The molecule has 0 atom stereocenters. The van der Waals surface area contributed by atoms with Crippen LogP contribution in [0.15, 0.2) is 205 Å². The number of anilines is 6. The molecule has 0 aliphatic heterocycles. The van der Waals surface area contributed by atoms with Crippen LogP contribution in [0.3, 0.4) is 0 Å². The normalized spacial score (nSPS) is 11.7. The lowest BCUT2D eigenvalue weighted by Gasteiger charge is -2.31. The lowest BCUT2D eigenvalue weighted by molar-refractivity contribution is 0.478. The summed E-state index contributed by atoms with van der Waals surface area (Å²) in [5.41, 5.74) is 23.4. The van der Waals surface area contributed by atoms with Gasteiger partial charge in [0, 0.05) is 44.0 Å². The molecule has 13 aromatic rings. The van der Waals surface area contributed by atoms with Gasteiger partial charge in [-0.3, -0.25) is 0 Å². The molecule has 76 heavy (non-hydrogen) atoms. The highest BCUT2D eigenvalue weighted by Crippen LogP contribution is 2.52. The van der Waals surface area contributed by atoms with Crippen molar-refractivity contribution in [3.8, 4) is 39.1 Å². The third-order valence-electron chi connectivity index (χ3n) is 16.0. The van der Waals surface area contributed by atoms with E-state index in [4.69, 9.17) is 4.42 Å². The minimum atomic E-state index is 0.222. The number of aryl methyl sites for hydroxylation is 8. The second-order valence-electron chi connectivity index (χ2n) is 21.1. The second kappa shape index (κ2) is 18.1. The lowest BCUT2D eigenvalue weighted by Crippen LogP contribution is -2.13. The van der Waals surface area contributed by atoms with Gasteiger partial charge in [0.25, 0.3) is 0 Å². The number of fused-ring (bicyclic) bond motifs is 3. The van der Waals surface area contributed by atoms with Crippen molar-refractivity contribution >= 4 is 88.4 Å². The Balaban J connectivity index is 1.04. The van der Waals surface area contributed by atoms with E-state index in [0.29, 0.717) is 5.69 Å². The zero-order chi connectivity index (χ0) is 52.1. The van der Waals surface area contributed by atoms with Crippen molar-refractivity contribution in [2.24, 2.45) is 0 Å². The Labute approximate surface area is 444 Å². The van der Waals surface area contributed by atoms with Gasteiger partial charge in [-0.15, -0.1) is 0 Å². The maximum atomic E-state index is 12.8. The number of nitrogens with zero attached hydrogens (tertiary/aromatic N) is 2. The maximum absolute atomic E-state index is 12.8. The monoisotopic (exact) mass is 982 g/mol. The van der Waals surface area contributed by atoms with Crippen LogP contribution in [-0.4, -0.2) is 5.11 Å². The molecule has 0 unspecified atom stereocenters. The van der Waals surface area contributed by atoms with E-state index in [-0.39, 0.29) is 5.75 Å². The number of furan rings is 1. The van der Waals surface area contributed by atoms with Crippen molar-refractivity contribution < 1.29 is 9.52 Å². The van der Waals surface area contributed by atoms with Crippen LogP contribution in [0.25, 0.3) is 87.6 Å². The van der Waals surface area contributed by atoms with Crippen molar-refractivity contribution in [1.82, 2.24) is 0 Å². The summed E-state index contributed by atoms with van der Waals surface area (Å²) < 4.78 is 7.26. The molecule has 368 valence electrons. The summed E-state index contributed by atoms with van der Waals surface area (Å²) in [7, 11) is 0. The van der Waals surface area contributed by atoms with Crippen LogP contribution in [-0.2, 0) is 0 Å². The van der Waals surface area contributed by atoms with Gasteiger partial charge in [0.1, 0.15) is 11.3 Å². The molecule has 4 nitrogen and oxygen atoms in total. The molecule has 0 bridgehead atoms.